The SMILES string of the molecule is CCC[C@H](C)Oc1nc(N)c2[nH]c(=O)n(CC3CCNCC3)c2n1.Cl. The summed E-state index contributed by atoms with van der Waals surface area (Å²) in [5.41, 5.74) is 6.83. The molecule has 3 heterocycles. The molecule has 2 aromatic rings. The van der Waals surface area contributed by atoms with Crippen LogP contribution in [0, 0.1) is 5.92 Å². The number of fused-ring (bicyclic) bond motifs is 1. The first-order valence-electron chi connectivity index (χ1n) is 8.72. The molecule has 9 heteroatoms. The smallest absolute Gasteiger partial charge is 0.327 e. The zero-order valence-corrected chi connectivity index (χ0v) is 15.6. The average molecular weight is 371 g/mol. The summed E-state index contributed by atoms with van der Waals surface area (Å²) in [5, 5.41) is 3.34. The monoisotopic (exact) mass is 370 g/mol. The van der Waals surface area contributed by atoms with E-state index < -0.39 is 0 Å². The Morgan fingerprint density at radius 3 is 2.76 bits per heavy atom. The van der Waals surface area contributed by atoms with Crippen LogP contribution in [-0.2, 0) is 6.54 Å². The highest BCUT2D eigenvalue weighted by Crippen LogP contribution is 2.21. The maximum absolute atomic E-state index is 12.3. The minimum Gasteiger partial charge on any atom is -0.460 e. The molecule has 25 heavy (non-hydrogen) atoms. The molecule has 0 unspecified atom stereocenters. The van der Waals surface area contributed by atoms with E-state index in [4.69, 9.17) is 10.5 Å². The number of piperidine rings is 1. The van der Waals surface area contributed by atoms with Gasteiger partial charge in [-0.15, -0.1) is 12.4 Å². The van der Waals surface area contributed by atoms with Crippen LogP contribution in [-0.4, -0.2) is 38.7 Å². The minimum absolute atomic E-state index is 0. The number of nitrogens with two attached hydrogens (primary N) is 1. The standard InChI is InChI=1S/C16H26N6O2.ClH/c1-3-4-10(2)24-15-20-13(17)12-14(21-15)22(16(23)19-12)9-11-5-7-18-8-6-11;/h10-11,18H,3-9H2,1-2H3,(H,19,23)(H2,17,20,21);1H/t10-;/m0./s1. The lowest BCUT2D eigenvalue weighted by Crippen LogP contribution is -2.32. The van der Waals surface area contributed by atoms with Crippen LogP contribution in [0.25, 0.3) is 11.2 Å². The number of ether oxygens (including phenoxy) is 1. The van der Waals surface area contributed by atoms with Crippen LogP contribution in [0.5, 0.6) is 6.01 Å². The van der Waals surface area contributed by atoms with Gasteiger partial charge in [-0.1, -0.05) is 13.3 Å². The highest BCUT2D eigenvalue weighted by molar-refractivity contribution is 5.85. The van der Waals surface area contributed by atoms with E-state index in [9.17, 15) is 4.79 Å². The van der Waals surface area contributed by atoms with Crippen molar-refractivity contribution in [2.24, 2.45) is 5.92 Å². The van der Waals surface area contributed by atoms with Gasteiger partial charge in [-0.25, -0.2) is 4.79 Å². The molecular formula is C16H27ClN6O2. The maximum Gasteiger partial charge on any atom is 0.327 e. The maximum atomic E-state index is 12.3. The molecule has 0 aromatic carbocycles. The minimum atomic E-state index is -0.191. The van der Waals surface area contributed by atoms with Crippen molar-refractivity contribution in [2.45, 2.75) is 52.2 Å². The van der Waals surface area contributed by atoms with E-state index in [1.54, 1.807) is 4.57 Å². The third-order valence-electron chi connectivity index (χ3n) is 4.53. The van der Waals surface area contributed by atoms with Crippen molar-refractivity contribution in [2.75, 3.05) is 18.8 Å². The second-order valence-corrected chi connectivity index (χ2v) is 6.54. The molecule has 0 radical (unpaired) electrons. The van der Waals surface area contributed by atoms with E-state index in [-0.39, 0.29) is 36.0 Å². The quantitative estimate of drug-likeness (QED) is 0.713. The molecule has 3 rings (SSSR count). The number of nitrogens with zero attached hydrogens (tertiary/aromatic N) is 3. The topological polar surface area (TPSA) is 111 Å². The van der Waals surface area contributed by atoms with Gasteiger partial charge in [0.15, 0.2) is 11.5 Å². The normalized spacial score (nSPS) is 16.6. The van der Waals surface area contributed by atoms with Crippen LogP contribution in [0.15, 0.2) is 4.79 Å². The molecule has 0 bridgehead atoms. The summed E-state index contributed by atoms with van der Waals surface area (Å²) in [7, 11) is 0. The number of anilines is 1. The lowest BCUT2D eigenvalue weighted by atomic mass is 9.98. The predicted octanol–water partition coefficient (Wildman–Crippen LogP) is 1.69. The van der Waals surface area contributed by atoms with Crippen LogP contribution >= 0.6 is 12.4 Å². The largest absolute Gasteiger partial charge is 0.460 e. The third-order valence-corrected chi connectivity index (χ3v) is 4.53. The summed E-state index contributed by atoms with van der Waals surface area (Å²) in [4.78, 5) is 23.7. The lowest BCUT2D eigenvalue weighted by molar-refractivity contribution is 0.193. The van der Waals surface area contributed by atoms with Gasteiger partial charge in [0.2, 0.25) is 0 Å². The number of imidazole rings is 1. The molecule has 1 atom stereocenters. The van der Waals surface area contributed by atoms with E-state index >= 15 is 0 Å². The van der Waals surface area contributed by atoms with E-state index in [1.165, 1.54) is 0 Å². The predicted molar refractivity (Wildman–Crippen MR) is 100 cm³/mol. The number of hydrogen-bond donors (Lipinski definition) is 3. The number of nitrogens with one attached hydrogen (secondary N) is 2. The van der Waals surface area contributed by atoms with Gasteiger partial charge in [-0.05, 0) is 45.2 Å². The molecule has 1 aliphatic rings. The van der Waals surface area contributed by atoms with Crippen molar-refractivity contribution < 1.29 is 4.74 Å². The first kappa shape index (κ1) is 19.5. The number of hydrogen-bond acceptors (Lipinski definition) is 6. The van der Waals surface area contributed by atoms with Gasteiger partial charge in [0.1, 0.15) is 5.52 Å². The summed E-state index contributed by atoms with van der Waals surface area (Å²) in [5.74, 6) is 0.711. The fourth-order valence-corrected chi connectivity index (χ4v) is 3.22. The molecular weight excluding hydrogens is 344 g/mol. The van der Waals surface area contributed by atoms with Gasteiger partial charge >= 0.3 is 11.7 Å². The Hall–Kier alpha value is -1.80. The van der Waals surface area contributed by atoms with Gasteiger partial charge < -0.3 is 20.8 Å². The molecule has 0 aliphatic carbocycles. The van der Waals surface area contributed by atoms with Crippen molar-refractivity contribution in [3.63, 3.8) is 0 Å². The third kappa shape index (κ3) is 4.43. The number of H-pyrrole nitrogens is 1. The summed E-state index contributed by atoms with van der Waals surface area (Å²) in [6.07, 6.45) is 4.04. The second kappa shape index (κ2) is 8.53. The molecule has 0 amide bonds. The Morgan fingerprint density at radius 2 is 2.08 bits per heavy atom. The van der Waals surface area contributed by atoms with Gasteiger partial charge in [0, 0.05) is 6.54 Å². The molecule has 1 fully saturated rings. The Labute approximate surface area is 153 Å². The number of aromatic nitrogens is 4. The fraction of sp³-hybridized carbons (Fsp3) is 0.688. The Morgan fingerprint density at radius 1 is 1.36 bits per heavy atom. The van der Waals surface area contributed by atoms with E-state index in [0.717, 1.165) is 38.8 Å². The summed E-state index contributed by atoms with van der Waals surface area (Å²) < 4.78 is 7.42. The van der Waals surface area contributed by atoms with Gasteiger partial charge in [-0.2, -0.15) is 9.97 Å². The first-order chi connectivity index (χ1) is 11.6. The summed E-state index contributed by atoms with van der Waals surface area (Å²) >= 11 is 0. The van der Waals surface area contributed by atoms with E-state index in [2.05, 4.69) is 27.2 Å². The highest BCUT2D eigenvalue weighted by atomic mass is 35.5. The van der Waals surface area contributed by atoms with Gasteiger partial charge in [0.05, 0.1) is 6.10 Å². The number of rotatable bonds is 6. The molecule has 1 saturated heterocycles. The Bertz CT molecular complexity index is 753. The van der Waals surface area contributed by atoms with Crippen molar-refractivity contribution in [3.8, 4) is 6.01 Å². The second-order valence-electron chi connectivity index (χ2n) is 6.54. The van der Waals surface area contributed by atoms with Crippen LogP contribution in [0.2, 0.25) is 0 Å². The number of halogens is 1. The number of aromatic amines is 1. The number of nitrogen functional groups attached to an aromatic ring is 1. The van der Waals surface area contributed by atoms with E-state index in [1.807, 2.05) is 6.92 Å². The van der Waals surface area contributed by atoms with Crippen LogP contribution in [0.3, 0.4) is 0 Å². The van der Waals surface area contributed by atoms with E-state index in [0.29, 0.717) is 23.6 Å². The fourth-order valence-electron chi connectivity index (χ4n) is 3.22. The average Bonchev–Trinajstić information content (AvgIpc) is 2.86. The molecule has 1 aliphatic heterocycles. The van der Waals surface area contributed by atoms with Crippen LogP contribution in [0.1, 0.15) is 39.5 Å². The molecule has 0 spiro atoms. The van der Waals surface area contributed by atoms with Crippen LogP contribution in [0.4, 0.5) is 5.82 Å². The zero-order chi connectivity index (χ0) is 17.1. The van der Waals surface area contributed by atoms with Gasteiger partial charge in [0.25, 0.3) is 0 Å². The highest BCUT2D eigenvalue weighted by Gasteiger charge is 2.20. The Kier molecular flexibility index (Phi) is 6.66. The molecule has 140 valence electrons. The van der Waals surface area contributed by atoms with Gasteiger partial charge in [-0.3, -0.25) is 4.57 Å². The summed E-state index contributed by atoms with van der Waals surface area (Å²) in [6, 6.07) is 0.235. The molecule has 8 nitrogen and oxygen atoms in total. The summed E-state index contributed by atoms with van der Waals surface area (Å²) in [6.45, 7) is 6.69. The Balaban J connectivity index is 0.00000225. The van der Waals surface area contributed by atoms with Crippen molar-refractivity contribution in [1.82, 2.24) is 24.8 Å². The van der Waals surface area contributed by atoms with Crippen molar-refractivity contribution in [3.05, 3.63) is 10.5 Å². The zero-order valence-electron chi connectivity index (χ0n) is 14.7. The first-order valence-corrected chi connectivity index (χ1v) is 8.72. The molecule has 4 N–H and O–H groups in total. The van der Waals surface area contributed by atoms with Crippen molar-refractivity contribution in [1.29, 1.82) is 0 Å². The van der Waals surface area contributed by atoms with Crippen LogP contribution < -0.4 is 21.5 Å². The lowest BCUT2D eigenvalue weighted by Gasteiger charge is -2.22. The van der Waals surface area contributed by atoms with Crippen molar-refractivity contribution >= 4 is 29.4 Å². The molecule has 0 saturated carbocycles. The molecule has 2 aromatic heterocycles.